The van der Waals surface area contributed by atoms with Crippen LogP contribution in [0, 0.1) is 11.6 Å². The van der Waals surface area contributed by atoms with Crippen LogP contribution in [-0.4, -0.2) is 32.3 Å². The molecule has 1 aliphatic rings. The van der Waals surface area contributed by atoms with E-state index in [-0.39, 0.29) is 6.04 Å². The molecular weight excluding hydrogens is 278 g/mol. The fourth-order valence-electron chi connectivity index (χ4n) is 1.74. The lowest BCUT2D eigenvalue weighted by atomic mass is 10.2. The highest BCUT2D eigenvalue weighted by Gasteiger charge is 2.32. The number of hydrogen-bond acceptors (Lipinski definition) is 3. The highest BCUT2D eigenvalue weighted by atomic mass is 32.2. The lowest BCUT2D eigenvalue weighted by Crippen LogP contribution is -2.30. The molecule has 0 radical (unpaired) electrons. The van der Waals surface area contributed by atoms with E-state index in [0.717, 1.165) is 12.8 Å². The maximum Gasteiger partial charge on any atom is 0.256 e. The van der Waals surface area contributed by atoms with Crippen LogP contribution in [0.15, 0.2) is 17.0 Å². The van der Waals surface area contributed by atoms with Gasteiger partial charge >= 0.3 is 0 Å². The third-order valence-electron chi connectivity index (χ3n) is 2.96. The molecule has 0 unspecified atom stereocenters. The summed E-state index contributed by atoms with van der Waals surface area (Å²) in [4.78, 5) is 12.2. The number of sulfonamides is 1. The summed E-state index contributed by atoms with van der Waals surface area (Å²) in [5.74, 6) is -3.11. The average Bonchev–Trinajstić information content (AvgIpc) is 3.12. The molecule has 104 valence electrons. The van der Waals surface area contributed by atoms with Crippen LogP contribution < -0.4 is 5.14 Å². The molecule has 2 N–H and O–H groups in total. The Balaban J connectivity index is 2.51. The summed E-state index contributed by atoms with van der Waals surface area (Å²) in [5.41, 5.74) is -0.626. The van der Waals surface area contributed by atoms with E-state index in [0.29, 0.717) is 12.1 Å². The lowest BCUT2D eigenvalue weighted by molar-refractivity contribution is 0.0779. The van der Waals surface area contributed by atoms with Crippen molar-refractivity contribution >= 4 is 15.9 Å². The fourth-order valence-corrected chi connectivity index (χ4v) is 2.38. The first kappa shape index (κ1) is 13.9. The molecule has 1 amide bonds. The fraction of sp³-hybridized carbons (Fsp3) is 0.364. The second-order valence-electron chi connectivity index (χ2n) is 4.46. The Morgan fingerprint density at radius 1 is 1.37 bits per heavy atom. The molecule has 1 saturated carbocycles. The normalized spacial score (nSPS) is 15.4. The predicted octanol–water partition coefficient (Wildman–Crippen LogP) is 0.847. The summed E-state index contributed by atoms with van der Waals surface area (Å²) < 4.78 is 49.6. The van der Waals surface area contributed by atoms with Gasteiger partial charge in [-0.15, -0.1) is 0 Å². The van der Waals surface area contributed by atoms with Crippen molar-refractivity contribution in [3.05, 3.63) is 29.3 Å². The van der Waals surface area contributed by atoms with Gasteiger partial charge in [0.2, 0.25) is 10.0 Å². The number of nitrogens with two attached hydrogens (primary N) is 1. The van der Waals surface area contributed by atoms with Crippen LogP contribution in [-0.2, 0) is 10.0 Å². The summed E-state index contributed by atoms with van der Waals surface area (Å²) in [6.07, 6.45) is 1.59. The average molecular weight is 290 g/mol. The van der Waals surface area contributed by atoms with E-state index in [1.165, 1.54) is 11.9 Å². The summed E-state index contributed by atoms with van der Waals surface area (Å²) >= 11 is 0. The van der Waals surface area contributed by atoms with Crippen molar-refractivity contribution in [3.63, 3.8) is 0 Å². The summed E-state index contributed by atoms with van der Waals surface area (Å²) in [5, 5.41) is 4.78. The van der Waals surface area contributed by atoms with Gasteiger partial charge in [0, 0.05) is 13.1 Å². The van der Waals surface area contributed by atoms with E-state index in [1.54, 1.807) is 0 Å². The molecular formula is C11H12F2N2O3S. The van der Waals surface area contributed by atoms with Crippen LogP contribution >= 0.6 is 0 Å². The molecule has 1 aliphatic carbocycles. The smallest absolute Gasteiger partial charge is 0.256 e. The van der Waals surface area contributed by atoms with Crippen LogP contribution in [0.5, 0.6) is 0 Å². The van der Waals surface area contributed by atoms with Crippen molar-refractivity contribution in [1.82, 2.24) is 4.90 Å². The minimum atomic E-state index is -4.43. The first-order chi connectivity index (χ1) is 8.71. The quantitative estimate of drug-likeness (QED) is 0.896. The Labute approximate surface area is 109 Å². The summed E-state index contributed by atoms with van der Waals surface area (Å²) in [7, 11) is -2.97. The van der Waals surface area contributed by atoms with Crippen molar-refractivity contribution in [3.8, 4) is 0 Å². The summed E-state index contributed by atoms with van der Waals surface area (Å²) in [6.45, 7) is 0. The molecule has 0 spiro atoms. The van der Waals surface area contributed by atoms with Crippen molar-refractivity contribution in [1.29, 1.82) is 0 Å². The Hall–Kier alpha value is -1.54. The number of benzene rings is 1. The maximum absolute atomic E-state index is 14.0. The van der Waals surface area contributed by atoms with Crippen molar-refractivity contribution in [2.75, 3.05) is 7.05 Å². The Bertz CT molecular complexity index is 642. The van der Waals surface area contributed by atoms with Gasteiger partial charge in [0.25, 0.3) is 5.91 Å². The van der Waals surface area contributed by atoms with Crippen LogP contribution in [0.25, 0.3) is 0 Å². The summed E-state index contributed by atoms with van der Waals surface area (Å²) in [6, 6.07) is 1.12. The second kappa shape index (κ2) is 4.53. The van der Waals surface area contributed by atoms with Gasteiger partial charge in [0.15, 0.2) is 5.82 Å². The molecule has 0 bridgehead atoms. The molecule has 2 rings (SSSR count). The molecule has 1 aromatic rings. The van der Waals surface area contributed by atoms with Gasteiger partial charge in [-0.3, -0.25) is 4.79 Å². The van der Waals surface area contributed by atoms with Gasteiger partial charge < -0.3 is 4.90 Å². The Morgan fingerprint density at radius 2 is 1.95 bits per heavy atom. The zero-order valence-corrected chi connectivity index (χ0v) is 10.9. The van der Waals surface area contributed by atoms with Crippen LogP contribution in [0.3, 0.4) is 0 Å². The predicted molar refractivity (Wildman–Crippen MR) is 62.8 cm³/mol. The van der Waals surface area contributed by atoms with Gasteiger partial charge in [-0.25, -0.2) is 22.3 Å². The number of nitrogens with zero attached hydrogens (tertiary/aromatic N) is 1. The van der Waals surface area contributed by atoms with Gasteiger partial charge in [0.1, 0.15) is 10.7 Å². The molecule has 0 saturated heterocycles. The van der Waals surface area contributed by atoms with Crippen molar-refractivity contribution < 1.29 is 22.0 Å². The number of halogens is 2. The topological polar surface area (TPSA) is 80.5 Å². The second-order valence-corrected chi connectivity index (χ2v) is 5.99. The Kier molecular flexibility index (Phi) is 3.31. The third-order valence-corrected chi connectivity index (χ3v) is 3.87. The zero-order chi connectivity index (χ0) is 14.4. The van der Waals surface area contributed by atoms with E-state index in [4.69, 9.17) is 5.14 Å². The van der Waals surface area contributed by atoms with Gasteiger partial charge in [0.05, 0.1) is 5.56 Å². The SMILES string of the molecule is CN(C(=O)c1cc(F)cc(S(N)(=O)=O)c1F)C1CC1. The molecule has 1 fully saturated rings. The minimum absolute atomic E-state index is 0.00639. The highest BCUT2D eigenvalue weighted by Crippen LogP contribution is 2.28. The lowest BCUT2D eigenvalue weighted by Gasteiger charge is -2.17. The van der Waals surface area contributed by atoms with E-state index in [2.05, 4.69) is 0 Å². The monoisotopic (exact) mass is 290 g/mol. The van der Waals surface area contributed by atoms with E-state index < -0.39 is 38.0 Å². The minimum Gasteiger partial charge on any atom is -0.339 e. The number of carbonyl (C=O) groups excluding carboxylic acids is 1. The maximum atomic E-state index is 14.0. The van der Waals surface area contributed by atoms with Crippen molar-refractivity contribution in [2.24, 2.45) is 5.14 Å². The largest absolute Gasteiger partial charge is 0.339 e. The molecule has 0 aromatic heterocycles. The number of carbonyl (C=O) groups is 1. The molecule has 0 atom stereocenters. The number of primary sulfonamides is 1. The Morgan fingerprint density at radius 3 is 2.42 bits per heavy atom. The third kappa shape index (κ3) is 2.74. The first-order valence-electron chi connectivity index (χ1n) is 5.51. The van der Waals surface area contributed by atoms with Crippen LogP contribution in [0.2, 0.25) is 0 Å². The molecule has 0 aliphatic heterocycles. The molecule has 5 nitrogen and oxygen atoms in total. The first-order valence-corrected chi connectivity index (χ1v) is 7.05. The zero-order valence-electron chi connectivity index (χ0n) is 10.1. The molecule has 8 heteroatoms. The highest BCUT2D eigenvalue weighted by molar-refractivity contribution is 7.89. The number of amides is 1. The number of hydrogen-bond donors (Lipinski definition) is 1. The molecule has 1 aromatic carbocycles. The number of rotatable bonds is 3. The van der Waals surface area contributed by atoms with Gasteiger partial charge in [-0.1, -0.05) is 0 Å². The van der Waals surface area contributed by atoms with Crippen molar-refractivity contribution in [2.45, 2.75) is 23.8 Å². The van der Waals surface area contributed by atoms with Gasteiger partial charge in [-0.2, -0.15) is 0 Å². The molecule has 0 heterocycles. The van der Waals surface area contributed by atoms with Crippen LogP contribution in [0.4, 0.5) is 8.78 Å². The standard InChI is InChI=1S/C11H12F2N2O3S/c1-15(7-2-3-7)11(16)8-4-6(12)5-9(10(8)13)19(14,17)18/h4-5,7H,2-3H2,1H3,(H2,14,17,18). The van der Waals surface area contributed by atoms with Gasteiger partial charge in [-0.05, 0) is 25.0 Å². The van der Waals surface area contributed by atoms with E-state index in [9.17, 15) is 22.0 Å². The van der Waals surface area contributed by atoms with E-state index in [1.807, 2.05) is 0 Å². The van der Waals surface area contributed by atoms with Crippen LogP contribution in [0.1, 0.15) is 23.2 Å². The van der Waals surface area contributed by atoms with E-state index >= 15 is 0 Å². The molecule has 19 heavy (non-hydrogen) atoms.